The molecule has 1 heterocycles. The molecule has 0 aromatic rings. The van der Waals surface area contributed by atoms with E-state index in [-0.39, 0.29) is 0 Å². The zero-order valence-electron chi connectivity index (χ0n) is 8.33. The number of thioether (sulfide) groups is 1. The molecule has 2 aliphatic rings. The van der Waals surface area contributed by atoms with Crippen molar-refractivity contribution in [2.75, 3.05) is 11.5 Å². The maximum atomic E-state index is 5.42. The Balaban J connectivity index is 1.83. The molecule has 4 nitrogen and oxygen atoms in total. The second-order valence-electron chi connectivity index (χ2n) is 3.88. The third-order valence-electron chi connectivity index (χ3n) is 2.56. The number of hydrazine groups is 1. The highest BCUT2D eigenvalue weighted by Crippen LogP contribution is 2.21. The molecule has 4 N–H and O–H groups in total. The summed E-state index contributed by atoms with van der Waals surface area (Å²) in [7, 11) is 0. The van der Waals surface area contributed by atoms with E-state index >= 15 is 0 Å². The standard InChI is InChI=1S/C9H18N4S/c10-13-9(11-7-1-2-7)12-8-3-5-14-6-4-8/h7-8H,1-6,10H2,(H2,11,12,13). The molecule has 80 valence electrons. The van der Waals surface area contributed by atoms with Crippen molar-refractivity contribution in [1.82, 2.24) is 10.7 Å². The Labute approximate surface area is 89.1 Å². The predicted molar refractivity (Wildman–Crippen MR) is 61.3 cm³/mol. The van der Waals surface area contributed by atoms with Crippen LogP contribution in [0.4, 0.5) is 0 Å². The van der Waals surface area contributed by atoms with Gasteiger partial charge in [0, 0.05) is 6.04 Å². The lowest BCUT2D eigenvalue weighted by atomic mass is 10.2. The first-order chi connectivity index (χ1) is 6.88. The van der Waals surface area contributed by atoms with Crippen LogP contribution in [-0.2, 0) is 0 Å². The fourth-order valence-electron chi connectivity index (χ4n) is 1.53. The van der Waals surface area contributed by atoms with Gasteiger partial charge in [0.1, 0.15) is 0 Å². The van der Waals surface area contributed by atoms with Crippen molar-refractivity contribution in [3.63, 3.8) is 0 Å². The molecule has 0 atom stereocenters. The Kier molecular flexibility index (Phi) is 3.53. The van der Waals surface area contributed by atoms with Crippen molar-refractivity contribution in [3.05, 3.63) is 0 Å². The molecule has 0 aromatic carbocycles. The monoisotopic (exact) mass is 214 g/mol. The molecule has 1 aliphatic heterocycles. The average molecular weight is 214 g/mol. The Bertz CT molecular complexity index is 209. The Morgan fingerprint density at radius 2 is 1.93 bits per heavy atom. The Hall–Kier alpha value is -0.420. The van der Waals surface area contributed by atoms with Gasteiger partial charge in [-0.25, -0.2) is 10.8 Å². The quantitative estimate of drug-likeness (QED) is 0.270. The second kappa shape index (κ2) is 4.89. The zero-order chi connectivity index (χ0) is 9.80. The Morgan fingerprint density at radius 3 is 2.50 bits per heavy atom. The lowest BCUT2D eigenvalue weighted by Gasteiger charge is -2.19. The lowest BCUT2D eigenvalue weighted by molar-refractivity contribution is 0.616. The summed E-state index contributed by atoms with van der Waals surface area (Å²) in [5.41, 5.74) is 2.65. The summed E-state index contributed by atoms with van der Waals surface area (Å²) in [6.07, 6.45) is 4.87. The number of nitrogens with one attached hydrogen (secondary N) is 2. The summed E-state index contributed by atoms with van der Waals surface area (Å²) < 4.78 is 0. The molecular weight excluding hydrogens is 196 g/mol. The molecule has 5 heteroatoms. The number of rotatable bonds is 2. The zero-order valence-corrected chi connectivity index (χ0v) is 9.15. The van der Waals surface area contributed by atoms with Crippen molar-refractivity contribution < 1.29 is 0 Å². The summed E-state index contributed by atoms with van der Waals surface area (Å²) >= 11 is 2.02. The summed E-state index contributed by atoms with van der Waals surface area (Å²) in [5, 5.41) is 3.29. The van der Waals surface area contributed by atoms with E-state index in [2.05, 4.69) is 15.7 Å². The molecule has 0 aromatic heterocycles. The molecule has 0 radical (unpaired) electrons. The number of aliphatic imine (C=N–C) groups is 1. The van der Waals surface area contributed by atoms with Gasteiger partial charge in [-0.2, -0.15) is 11.8 Å². The maximum absolute atomic E-state index is 5.42. The summed E-state index contributed by atoms with van der Waals surface area (Å²) in [6.45, 7) is 0. The fraction of sp³-hybridized carbons (Fsp3) is 0.889. The predicted octanol–water partition coefficient (Wildman–Crippen LogP) is 0.453. The van der Waals surface area contributed by atoms with Crippen LogP contribution >= 0.6 is 11.8 Å². The molecule has 0 bridgehead atoms. The van der Waals surface area contributed by atoms with Crippen molar-refractivity contribution in [2.24, 2.45) is 10.8 Å². The van der Waals surface area contributed by atoms with Crippen LogP contribution in [0.1, 0.15) is 25.7 Å². The van der Waals surface area contributed by atoms with Crippen LogP contribution in [0.15, 0.2) is 4.99 Å². The van der Waals surface area contributed by atoms with E-state index < -0.39 is 0 Å². The minimum atomic E-state index is 0.466. The van der Waals surface area contributed by atoms with Crippen molar-refractivity contribution in [1.29, 1.82) is 0 Å². The number of guanidine groups is 1. The van der Waals surface area contributed by atoms with Crippen LogP contribution in [0.25, 0.3) is 0 Å². The van der Waals surface area contributed by atoms with Gasteiger partial charge in [-0.15, -0.1) is 0 Å². The van der Waals surface area contributed by atoms with E-state index in [1.54, 1.807) is 0 Å². The van der Waals surface area contributed by atoms with Gasteiger partial charge in [-0.1, -0.05) is 0 Å². The second-order valence-corrected chi connectivity index (χ2v) is 5.11. The van der Waals surface area contributed by atoms with Crippen molar-refractivity contribution in [2.45, 2.75) is 37.8 Å². The van der Waals surface area contributed by atoms with E-state index in [1.165, 1.54) is 37.2 Å². The number of nitrogens with zero attached hydrogens (tertiary/aromatic N) is 1. The van der Waals surface area contributed by atoms with Gasteiger partial charge in [0.15, 0.2) is 0 Å². The van der Waals surface area contributed by atoms with Crippen LogP contribution in [0.5, 0.6) is 0 Å². The summed E-state index contributed by atoms with van der Waals surface area (Å²) in [4.78, 5) is 4.59. The maximum Gasteiger partial charge on any atom is 0.206 e. The third-order valence-corrected chi connectivity index (χ3v) is 3.61. The fourth-order valence-corrected chi connectivity index (χ4v) is 2.62. The van der Waals surface area contributed by atoms with Gasteiger partial charge < -0.3 is 5.32 Å². The molecule has 1 aliphatic carbocycles. The van der Waals surface area contributed by atoms with Crippen molar-refractivity contribution in [3.8, 4) is 0 Å². The van der Waals surface area contributed by atoms with Gasteiger partial charge in [-0.3, -0.25) is 5.43 Å². The first kappa shape index (κ1) is 10.1. The van der Waals surface area contributed by atoms with Crippen LogP contribution in [0.3, 0.4) is 0 Å². The average Bonchev–Trinajstić information content (AvgIpc) is 3.02. The summed E-state index contributed by atoms with van der Waals surface area (Å²) in [6, 6.07) is 1.08. The number of hydrogen-bond donors (Lipinski definition) is 3. The van der Waals surface area contributed by atoms with Crippen LogP contribution in [0.2, 0.25) is 0 Å². The van der Waals surface area contributed by atoms with Gasteiger partial charge in [0.05, 0.1) is 6.04 Å². The topological polar surface area (TPSA) is 62.4 Å². The highest BCUT2D eigenvalue weighted by Gasteiger charge is 2.22. The molecule has 0 spiro atoms. The van der Waals surface area contributed by atoms with Crippen LogP contribution in [0, 0.1) is 0 Å². The van der Waals surface area contributed by atoms with E-state index in [1.807, 2.05) is 11.8 Å². The molecule has 14 heavy (non-hydrogen) atoms. The normalized spacial score (nSPS) is 24.8. The molecule has 0 amide bonds. The van der Waals surface area contributed by atoms with Crippen molar-refractivity contribution >= 4 is 17.7 Å². The van der Waals surface area contributed by atoms with Gasteiger partial charge in [0.25, 0.3) is 0 Å². The minimum Gasteiger partial charge on any atom is -0.353 e. The summed E-state index contributed by atoms with van der Waals surface area (Å²) in [5.74, 6) is 8.66. The highest BCUT2D eigenvalue weighted by molar-refractivity contribution is 7.99. The van der Waals surface area contributed by atoms with E-state index in [9.17, 15) is 0 Å². The van der Waals surface area contributed by atoms with Crippen LogP contribution in [-0.4, -0.2) is 29.5 Å². The first-order valence-corrected chi connectivity index (χ1v) is 6.42. The molecular formula is C9H18N4S. The van der Waals surface area contributed by atoms with Gasteiger partial charge >= 0.3 is 0 Å². The largest absolute Gasteiger partial charge is 0.353 e. The Morgan fingerprint density at radius 1 is 1.21 bits per heavy atom. The highest BCUT2D eigenvalue weighted by atomic mass is 32.2. The molecule has 1 saturated heterocycles. The molecule has 1 saturated carbocycles. The molecule has 2 fully saturated rings. The molecule has 2 rings (SSSR count). The third kappa shape index (κ3) is 3.06. The van der Waals surface area contributed by atoms with E-state index in [4.69, 9.17) is 5.84 Å². The minimum absolute atomic E-state index is 0.466. The first-order valence-electron chi connectivity index (χ1n) is 5.27. The van der Waals surface area contributed by atoms with E-state index in [0.29, 0.717) is 12.1 Å². The molecule has 0 unspecified atom stereocenters. The van der Waals surface area contributed by atoms with Gasteiger partial charge in [0.2, 0.25) is 5.96 Å². The number of nitrogens with two attached hydrogens (primary N) is 1. The number of hydrogen-bond acceptors (Lipinski definition) is 3. The SMILES string of the molecule is NNC(=NC1CCSCC1)NC1CC1. The smallest absolute Gasteiger partial charge is 0.206 e. The van der Waals surface area contributed by atoms with Crippen LogP contribution < -0.4 is 16.6 Å². The van der Waals surface area contributed by atoms with Gasteiger partial charge in [-0.05, 0) is 37.2 Å². The van der Waals surface area contributed by atoms with E-state index in [0.717, 1.165) is 5.96 Å². The lowest BCUT2D eigenvalue weighted by Crippen LogP contribution is -2.43.